The molecule has 2 unspecified atom stereocenters. The number of nitrogens with zero attached hydrogens (tertiary/aromatic N) is 1. The van der Waals surface area contributed by atoms with Crippen LogP contribution in [0.15, 0.2) is 48.5 Å². The molecule has 5 nitrogen and oxygen atoms in total. The van der Waals surface area contributed by atoms with E-state index < -0.39 is 6.10 Å². The van der Waals surface area contributed by atoms with Crippen LogP contribution in [0.2, 0.25) is 0 Å². The maximum atomic E-state index is 13.2. The SMILES string of the molecule is COc1ccc2c(c1)CN(C(=O)C1CNCCO1)C(c1ccccc1)C2. The van der Waals surface area contributed by atoms with Crippen molar-refractivity contribution in [2.75, 3.05) is 26.8 Å². The summed E-state index contributed by atoms with van der Waals surface area (Å²) in [5, 5.41) is 3.25. The largest absolute Gasteiger partial charge is 0.497 e. The third kappa shape index (κ3) is 3.32. The second-order valence-electron chi connectivity index (χ2n) is 6.79. The van der Waals surface area contributed by atoms with Crippen LogP contribution < -0.4 is 10.1 Å². The van der Waals surface area contributed by atoms with Crippen LogP contribution in [0.25, 0.3) is 0 Å². The zero-order valence-corrected chi connectivity index (χ0v) is 15.0. The molecule has 0 saturated carbocycles. The van der Waals surface area contributed by atoms with E-state index in [0.29, 0.717) is 19.7 Å². The minimum Gasteiger partial charge on any atom is -0.497 e. The number of amides is 1. The molecule has 0 bridgehead atoms. The molecule has 0 aromatic heterocycles. The smallest absolute Gasteiger partial charge is 0.253 e. The number of ether oxygens (including phenoxy) is 2. The predicted octanol–water partition coefficient (Wildman–Crippen LogP) is 2.31. The van der Waals surface area contributed by atoms with Crippen molar-refractivity contribution >= 4 is 5.91 Å². The van der Waals surface area contributed by atoms with E-state index >= 15 is 0 Å². The predicted molar refractivity (Wildman–Crippen MR) is 99.0 cm³/mol. The second-order valence-corrected chi connectivity index (χ2v) is 6.79. The standard InChI is InChI=1S/C21H24N2O3/c1-25-18-8-7-16-12-19(15-5-3-2-4-6-15)23(14-17(16)11-18)21(24)20-13-22-9-10-26-20/h2-8,11,19-20,22H,9-10,12-14H2,1H3. The number of rotatable bonds is 3. The first-order valence-corrected chi connectivity index (χ1v) is 9.10. The van der Waals surface area contributed by atoms with Gasteiger partial charge in [0.15, 0.2) is 0 Å². The number of hydrogen-bond acceptors (Lipinski definition) is 4. The fourth-order valence-electron chi connectivity index (χ4n) is 3.80. The average molecular weight is 352 g/mol. The van der Waals surface area contributed by atoms with Crippen LogP contribution in [-0.4, -0.2) is 43.7 Å². The summed E-state index contributed by atoms with van der Waals surface area (Å²) in [4.78, 5) is 15.2. The Morgan fingerprint density at radius 1 is 1.19 bits per heavy atom. The Hall–Kier alpha value is -2.37. The van der Waals surface area contributed by atoms with Gasteiger partial charge in [-0.05, 0) is 35.2 Å². The van der Waals surface area contributed by atoms with Gasteiger partial charge in [0.1, 0.15) is 11.9 Å². The van der Waals surface area contributed by atoms with E-state index in [4.69, 9.17) is 9.47 Å². The number of hydrogen-bond donors (Lipinski definition) is 1. The van der Waals surface area contributed by atoms with E-state index in [-0.39, 0.29) is 11.9 Å². The summed E-state index contributed by atoms with van der Waals surface area (Å²) in [7, 11) is 1.67. The molecule has 2 aromatic carbocycles. The maximum Gasteiger partial charge on any atom is 0.253 e. The normalized spacial score (nSPS) is 22.6. The van der Waals surface area contributed by atoms with Gasteiger partial charge in [-0.2, -0.15) is 0 Å². The topological polar surface area (TPSA) is 50.8 Å². The van der Waals surface area contributed by atoms with Gasteiger partial charge < -0.3 is 19.7 Å². The highest BCUT2D eigenvalue weighted by atomic mass is 16.5. The van der Waals surface area contributed by atoms with Gasteiger partial charge in [-0.1, -0.05) is 36.4 Å². The van der Waals surface area contributed by atoms with Crippen molar-refractivity contribution in [3.05, 3.63) is 65.2 Å². The van der Waals surface area contributed by atoms with Crippen LogP contribution in [0.1, 0.15) is 22.7 Å². The van der Waals surface area contributed by atoms with E-state index in [1.807, 2.05) is 35.2 Å². The Bertz CT molecular complexity index is 772. The van der Waals surface area contributed by atoms with E-state index in [0.717, 1.165) is 29.8 Å². The Morgan fingerprint density at radius 2 is 2.04 bits per heavy atom. The first-order valence-electron chi connectivity index (χ1n) is 9.10. The number of fused-ring (bicyclic) bond motifs is 1. The van der Waals surface area contributed by atoms with Crippen LogP contribution in [0.4, 0.5) is 0 Å². The molecule has 2 aliphatic heterocycles. The molecule has 26 heavy (non-hydrogen) atoms. The van der Waals surface area contributed by atoms with Gasteiger partial charge in [0.2, 0.25) is 0 Å². The zero-order valence-electron chi connectivity index (χ0n) is 15.0. The van der Waals surface area contributed by atoms with Gasteiger partial charge in [-0.3, -0.25) is 4.79 Å². The Labute approximate surface area is 153 Å². The van der Waals surface area contributed by atoms with Crippen molar-refractivity contribution in [2.24, 2.45) is 0 Å². The number of nitrogens with one attached hydrogen (secondary N) is 1. The van der Waals surface area contributed by atoms with Gasteiger partial charge in [0.25, 0.3) is 5.91 Å². The molecule has 1 N–H and O–H groups in total. The lowest BCUT2D eigenvalue weighted by atomic mass is 9.89. The molecule has 0 spiro atoms. The molecule has 0 aliphatic carbocycles. The van der Waals surface area contributed by atoms with E-state index in [2.05, 4.69) is 23.5 Å². The summed E-state index contributed by atoms with van der Waals surface area (Å²) in [6.45, 7) is 2.52. The van der Waals surface area contributed by atoms with E-state index in [1.165, 1.54) is 5.56 Å². The summed E-state index contributed by atoms with van der Waals surface area (Å²) < 4.78 is 11.1. The second kappa shape index (κ2) is 7.48. The molecule has 1 saturated heterocycles. The van der Waals surface area contributed by atoms with Crippen molar-refractivity contribution in [3.8, 4) is 5.75 Å². The monoisotopic (exact) mass is 352 g/mol. The van der Waals surface area contributed by atoms with Crippen LogP contribution in [0.5, 0.6) is 5.75 Å². The first-order chi connectivity index (χ1) is 12.8. The van der Waals surface area contributed by atoms with Gasteiger partial charge >= 0.3 is 0 Å². The molecule has 136 valence electrons. The zero-order chi connectivity index (χ0) is 17.9. The van der Waals surface area contributed by atoms with Gasteiger partial charge in [-0.15, -0.1) is 0 Å². The molecule has 2 aliphatic rings. The number of morpholine rings is 1. The molecule has 4 rings (SSSR count). The Kier molecular flexibility index (Phi) is 4.91. The van der Waals surface area contributed by atoms with Crippen LogP contribution in [0.3, 0.4) is 0 Å². The number of carbonyl (C=O) groups excluding carboxylic acids is 1. The summed E-state index contributed by atoms with van der Waals surface area (Å²) in [6.07, 6.45) is 0.386. The lowest BCUT2D eigenvalue weighted by molar-refractivity contribution is -0.149. The molecule has 0 radical (unpaired) electrons. The van der Waals surface area contributed by atoms with Gasteiger partial charge in [0, 0.05) is 19.6 Å². The minimum atomic E-state index is -0.415. The number of carbonyl (C=O) groups is 1. The van der Waals surface area contributed by atoms with E-state index in [9.17, 15) is 4.79 Å². The molecular formula is C21H24N2O3. The molecule has 5 heteroatoms. The van der Waals surface area contributed by atoms with Crippen molar-refractivity contribution in [3.63, 3.8) is 0 Å². The minimum absolute atomic E-state index is 0.0233. The maximum absolute atomic E-state index is 13.2. The highest BCUT2D eigenvalue weighted by molar-refractivity contribution is 5.82. The fourth-order valence-corrected chi connectivity index (χ4v) is 3.80. The quantitative estimate of drug-likeness (QED) is 0.921. The Morgan fingerprint density at radius 3 is 2.77 bits per heavy atom. The molecule has 1 amide bonds. The van der Waals surface area contributed by atoms with Crippen LogP contribution >= 0.6 is 0 Å². The van der Waals surface area contributed by atoms with E-state index in [1.54, 1.807) is 7.11 Å². The number of methoxy groups -OCH3 is 1. The molecular weight excluding hydrogens is 328 g/mol. The van der Waals surface area contributed by atoms with Gasteiger partial charge in [0.05, 0.1) is 19.8 Å². The third-order valence-corrected chi connectivity index (χ3v) is 5.21. The molecule has 2 aromatic rings. The highest BCUT2D eigenvalue weighted by Gasteiger charge is 2.35. The van der Waals surface area contributed by atoms with Crippen molar-refractivity contribution in [2.45, 2.75) is 25.1 Å². The number of benzene rings is 2. The lowest BCUT2D eigenvalue weighted by Crippen LogP contribution is -2.51. The summed E-state index contributed by atoms with van der Waals surface area (Å²) in [5.41, 5.74) is 3.58. The van der Waals surface area contributed by atoms with Crippen molar-refractivity contribution in [1.82, 2.24) is 10.2 Å². The Balaban J connectivity index is 1.68. The molecule has 1 fully saturated rings. The van der Waals surface area contributed by atoms with Crippen LogP contribution in [0, 0.1) is 0 Å². The van der Waals surface area contributed by atoms with Crippen LogP contribution in [-0.2, 0) is 22.5 Å². The first kappa shape index (κ1) is 17.1. The van der Waals surface area contributed by atoms with Gasteiger partial charge in [-0.25, -0.2) is 0 Å². The summed E-state index contributed by atoms with van der Waals surface area (Å²) >= 11 is 0. The third-order valence-electron chi connectivity index (χ3n) is 5.21. The average Bonchev–Trinajstić information content (AvgIpc) is 2.73. The highest BCUT2D eigenvalue weighted by Crippen LogP contribution is 2.35. The lowest BCUT2D eigenvalue weighted by Gasteiger charge is -2.39. The van der Waals surface area contributed by atoms with Crippen molar-refractivity contribution < 1.29 is 14.3 Å². The molecule has 2 atom stereocenters. The molecule has 2 heterocycles. The van der Waals surface area contributed by atoms with Crippen molar-refractivity contribution in [1.29, 1.82) is 0 Å². The summed E-state index contributed by atoms with van der Waals surface area (Å²) in [5.74, 6) is 0.879. The summed E-state index contributed by atoms with van der Waals surface area (Å²) in [6, 6.07) is 16.4. The fraction of sp³-hybridized carbons (Fsp3) is 0.381.